The van der Waals surface area contributed by atoms with Gasteiger partial charge < -0.3 is 25.0 Å². The minimum Gasteiger partial charge on any atom is -0.472 e. The molecule has 5 rings (SSSR count). The molecule has 2 aromatic rings. The second-order valence-corrected chi connectivity index (χ2v) is 15.3. The van der Waals surface area contributed by atoms with E-state index in [1.807, 2.05) is 47.2 Å². The molecule has 47 heavy (non-hydrogen) atoms. The molecule has 1 aromatic heterocycles. The molecule has 0 spiro atoms. The van der Waals surface area contributed by atoms with Crippen LogP contribution >= 0.6 is 0 Å². The lowest BCUT2D eigenvalue weighted by molar-refractivity contribution is -0.141. The molecule has 2 aliphatic heterocycles. The summed E-state index contributed by atoms with van der Waals surface area (Å²) in [4.78, 5) is 60.2. The van der Waals surface area contributed by atoms with Crippen molar-refractivity contribution in [1.29, 1.82) is 0 Å². The molecule has 1 saturated heterocycles. The molecule has 1 saturated carbocycles. The molecule has 3 heterocycles. The fourth-order valence-electron chi connectivity index (χ4n) is 6.22. The lowest BCUT2D eigenvalue weighted by atomic mass is 10.0. The number of aromatic nitrogens is 1. The van der Waals surface area contributed by atoms with E-state index in [0.717, 1.165) is 29.9 Å². The van der Waals surface area contributed by atoms with Crippen LogP contribution in [0.25, 0.3) is 10.8 Å². The molecule has 1 aromatic carbocycles. The van der Waals surface area contributed by atoms with E-state index >= 15 is 0 Å². The van der Waals surface area contributed by atoms with E-state index in [9.17, 15) is 27.6 Å². The van der Waals surface area contributed by atoms with Gasteiger partial charge in [0.15, 0.2) is 0 Å². The van der Waals surface area contributed by atoms with Crippen molar-refractivity contribution < 1.29 is 37.1 Å². The first-order chi connectivity index (χ1) is 22.1. The van der Waals surface area contributed by atoms with E-state index in [1.165, 1.54) is 4.90 Å². The van der Waals surface area contributed by atoms with E-state index in [0.29, 0.717) is 25.1 Å². The number of fused-ring (bicyclic) bond motifs is 3. The number of ether oxygens (including phenoxy) is 2. The van der Waals surface area contributed by atoms with Crippen LogP contribution in [0.5, 0.6) is 5.88 Å². The van der Waals surface area contributed by atoms with Gasteiger partial charge in [-0.2, -0.15) is 0 Å². The Morgan fingerprint density at radius 3 is 2.62 bits per heavy atom. The highest BCUT2D eigenvalue weighted by atomic mass is 32.2. The predicted molar refractivity (Wildman–Crippen MR) is 174 cm³/mol. The molecule has 0 bridgehead atoms. The van der Waals surface area contributed by atoms with Gasteiger partial charge in [-0.25, -0.2) is 18.2 Å². The summed E-state index contributed by atoms with van der Waals surface area (Å²) in [5, 5.41) is 7.21. The van der Waals surface area contributed by atoms with E-state index < -0.39 is 69.1 Å². The van der Waals surface area contributed by atoms with Crippen molar-refractivity contribution in [1.82, 2.24) is 25.2 Å². The summed E-state index contributed by atoms with van der Waals surface area (Å²) in [5.74, 6) is -2.01. The Bertz CT molecular complexity index is 1670. The topological polar surface area (TPSA) is 173 Å². The summed E-state index contributed by atoms with van der Waals surface area (Å²) in [5.41, 5.74) is -2.28. The first kappa shape index (κ1) is 34.1. The minimum absolute atomic E-state index is 0.0141. The first-order valence-electron chi connectivity index (χ1n) is 16.0. The zero-order chi connectivity index (χ0) is 34.0. The number of allylic oxidation sites excluding steroid dienone is 1. The number of hydrogen-bond acceptors (Lipinski definition) is 9. The maximum Gasteiger partial charge on any atom is 0.408 e. The van der Waals surface area contributed by atoms with E-state index in [1.54, 1.807) is 27.0 Å². The van der Waals surface area contributed by atoms with Crippen molar-refractivity contribution in [2.24, 2.45) is 5.92 Å². The quantitative estimate of drug-likeness (QED) is 0.405. The second kappa shape index (κ2) is 13.5. The highest BCUT2D eigenvalue weighted by molar-refractivity contribution is 7.89. The number of carbonyl (C=O) groups is 4. The van der Waals surface area contributed by atoms with Gasteiger partial charge in [-0.15, -0.1) is 0 Å². The average molecular weight is 670 g/mol. The monoisotopic (exact) mass is 669 g/mol. The Kier molecular flexibility index (Phi) is 9.81. The summed E-state index contributed by atoms with van der Waals surface area (Å²) >= 11 is 0. The summed E-state index contributed by atoms with van der Waals surface area (Å²) in [6, 6.07) is 7.35. The largest absolute Gasteiger partial charge is 0.472 e. The number of hydrogen-bond donors (Lipinski definition) is 3. The maximum absolute atomic E-state index is 14.2. The first-order valence-corrected chi connectivity index (χ1v) is 17.9. The summed E-state index contributed by atoms with van der Waals surface area (Å²) < 4.78 is 37.8. The van der Waals surface area contributed by atoms with Crippen LogP contribution < -0.4 is 20.1 Å². The highest BCUT2D eigenvalue weighted by Gasteiger charge is 2.61. The molecule has 1 aliphatic carbocycles. The molecule has 3 aliphatic rings. The molecule has 5 unspecified atom stereocenters. The number of carbonyl (C=O) groups excluding carboxylic acids is 4. The van der Waals surface area contributed by atoms with E-state index in [4.69, 9.17) is 9.47 Å². The molecule has 3 N–H and O–H groups in total. The minimum atomic E-state index is -3.91. The van der Waals surface area contributed by atoms with Gasteiger partial charge in [0.25, 0.3) is 5.91 Å². The Morgan fingerprint density at radius 1 is 1.11 bits per heavy atom. The summed E-state index contributed by atoms with van der Waals surface area (Å²) in [6.07, 6.45) is 8.37. The van der Waals surface area contributed by atoms with Crippen molar-refractivity contribution in [3.63, 3.8) is 0 Å². The smallest absolute Gasteiger partial charge is 0.408 e. The fourth-order valence-corrected chi connectivity index (χ4v) is 6.74. The molecule has 2 fully saturated rings. The maximum atomic E-state index is 14.2. The zero-order valence-electron chi connectivity index (χ0n) is 27.2. The predicted octanol–water partition coefficient (Wildman–Crippen LogP) is 2.95. The number of rotatable bonds is 5. The lowest BCUT2D eigenvalue weighted by Crippen LogP contribution is -2.58. The number of nitrogens with one attached hydrogen (secondary N) is 3. The molecular formula is C33H43N5O8S. The normalized spacial score (nSPS) is 27.7. The molecule has 13 nitrogen and oxygen atoms in total. The number of sulfonamides is 1. The van der Waals surface area contributed by atoms with Crippen molar-refractivity contribution in [3.8, 4) is 5.88 Å². The number of pyridine rings is 1. The summed E-state index contributed by atoms with van der Waals surface area (Å²) in [6.45, 7) is 5.19. The number of nitrogens with zero attached hydrogens (tertiary/aromatic N) is 2. The third-order valence-electron chi connectivity index (χ3n) is 8.53. The standard InChI is InChI=1S/C33H43N5O8S/c1-32(2,3)46-31(42)35-25-15-9-7-5-6-8-13-22-19-33(22,30(41)37-47(4,43)44)36-27(39)26-18-23(20-38(26)29(25)40)45-28-24-14-11-10-12-21(24)16-17-34-28/h8,10-14,16-17,22-23,25-26H,5-7,9,15,18-20H2,1-4H3,(H,35,42)(H,36,39)(H,37,41)/b13-8-. The Labute approximate surface area is 274 Å². The average Bonchev–Trinajstić information content (AvgIpc) is 3.51. The lowest BCUT2D eigenvalue weighted by Gasteiger charge is -2.30. The van der Waals surface area contributed by atoms with Crippen molar-refractivity contribution >= 4 is 44.6 Å². The van der Waals surface area contributed by atoms with Gasteiger partial charge in [-0.3, -0.25) is 19.1 Å². The SMILES string of the molecule is CC(C)(C)OC(=O)NC1CCCCC/C=C\C2CC2(C(=O)NS(C)(=O)=O)NC(=O)C2CC(Oc3nccc4ccccc34)CN2C1=O. The van der Waals surface area contributed by atoms with Gasteiger partial charge in [-0.05, 0) is 64.0 Å². The van der Waals surface area contributed by atoms with Crippen LogP contribution in [0.3, 0.4) is 0 Å². The van der Waals surface area contributed by atoms with Crippen LogP contribution in [0.15, 0.2) is 48.7 Å². The third kappa shape index (κ3) is 8.40. The Hall–Kier alpha value is -4.20. The number of amides is 4. The number of benzene rings is 1. The Balaban J connectivity index is 1.47. The highest BCUT2D eigenvalue weighted by Crippen LogP contribution is 2.45. The molecule has 5 atom stereocenters. The summed E-state index contributed by atoms with van der Waals surface area (Å²) in [7, 11) is -3.91. The van der Waals surface area contributed by atoms with Crippen LogP contribution in [0.1, 0.15) is 65.7 Å². The van der Waals surface area contributed by atoms with Crippen LogP contribution in [0.2, 0.25) is 0 Å². The van der Waals surface area contributed by atoms with Crippen molar-refractivity contribution in [2.45, 2.75) is 95.0 Å². The van der Waals surface area contributed by atoms with Gasteiger partial charge in [0.05, 0.1) is 12.8 Å². The van der Waals surface area contributed by atoms with Gasteiger partial charge in [0, 0.05) is 23.9 Å². The van der Waals surface area contributed by atoms with Crippen LogP contribution in [-0.4, -0.2) is 84.2 Å². The van der Waals surface area contributed by atoms with Crippen LogP contribution in [0, 0.1) is 5.92 Å². The van der Waals surface area contributed by atoms with Crippen molar-refractivity contribution in [3.05, 3.63) is 48.7 Å². The van der Waals surface area contributed by atoms with Gasteiger partial charge in [-0.1, -0.05) is 43.2 Å². The van der Waals surface area contributed by atoms with Crippen molar-refractivity contribution in [2.75, 3.05) is 12.8 Å². The van der Waals surface area contributed by atoms with E-state index in [-0.39, 0.29) is 19.4 Å². The number of alkyl carbamates (subject to hydrolysis) is 1. The molecule has 14 heteroatoms. The molecule has 254 valence electrons. The van der Waals surface area contributed by atoms with Gasteiger partial charge in [0.1, 0.15) is 29.3 Å². The fraction of sp³-hybridized carbons (Fsp3) is 0.545. The van der Waals surface area contributed by atoms with Gasteiger partial charge >= 0.3 is 6.09 Å². The molecule has 4 amide bonds. The second-order valence-electron chi connectivity index (χ2n) is 13.6. The van der Waals surface area contributed by atoms with Crippen LogP contribution in [0.4, 0.5) is 4.79 Å². The van der Waals surface area contributed by atoms with E-state index in [2.05, 4.69) is 15.6 Å². The van der Waals surface area contributed by atoms with Crippen LogP contribution in [-0.2, 0) is 29.1 Å². The Morgan fingerprint density at radius 2 is 1.87 bits per heavy atom. The molecule has 0 radical (unpaired) electrons. The van der Waals surface area contributed by atoms with Gasteiger partial charge in [0.2, 0.25) is 27.7 Å². The zero-order valence-corrected chi connectivity index (χ0v) is 28.0. The third-order valence-corrected chi connectivity index (χ3v) is 9.09. The molecular weight excluding hydrogens is 626 g/mol.